The van der Waals surface area contributed by atoms with Crippen LogP contribution in [0.15, 0.2) is 47.0 Å². The fourth-order valence-corrected chi connectivity index (χ4v) is 2.57. The number of carbonyl (C=O) groups excluding carboxylic acids is 1. The third kappa shape index (κ3) is 4.57. The summed E-state index contributed by atoms with van der Waals surface area (Å²) < 4.78 is 19.6. The minimum absolute atomic E-state index is 0.126. The molecule has 3 N–H and O–H groups in total. The van der Waals surface area contributed by atoms with Crippen LogP contribution in [0.25, 0.3) is 22.8 Å². The molecule has 0 fully saturated rings. The summed E-state index contributed by atoms with van der Waals surface area (Å²) in [6, 6.07) is 11.9. The standard InChI is InChI=1S/C20H21FN4O2/c1-12(2)9-18(26)23-17-8-7-15(10-16(17)21)20-24-19(25-27-20)14-5-3-13(11-22)4-6-14/h3-8,10,12H,9,11,22H2,1-2H3,(H,23,26). The number of hydrogen-bond donors (Lipinski definition) is 2. The van der Waals surface area contributed by atoms with Gasteiger partial charge in [0.2, 0.25) is 11.7 Å². The fraction of sp³-hybridized carbons (Fsp3) is 0.250. The van der Waals surface area contributed by atoms with Gasteiger partial charge in [-0.2, -0.15) is 4.98 Å². The summed E-state index contributed by atoms with van der Waals surface area (Å²) in [7, 11) is 0. The molecule has 1 amide bonds. The Labute approximate surface area is 156 Å². The lowest BCUT2D eigenvalue weighted by molar-refractivity contribution is -0.116. The first kappa shape index (κ1) is 18.7. The van der Waals surface area contributed by atoms with Crippen molar-refractivity contribution in [3.8, 4) is 22.8 Å². The molecule has 1 heterocycles. The highest BCUT2D eigenvalue weighted by atomic mass is 19.1. The van der Waals surface area contributed by atoms with Gasteiger partial charge < -0.3 is 15.6 Å². The van der Waals surface area contributed by atoms with E-state index in [2.05, 4.69) is 15.5 Å². The molecule has 0 radical (unpaired) electrons. The van der Waals surface area contributed by atoms with E-state index in [9.17, 15) is 9.18 Å². The second-order valence-electron chi connectivity index (χ2n) is 6.66. The van der Waals surface area contributed by atoms with E-state index in [1.165, 1.54) is 12.1 Å². The summed E-state index contributed by atoms with van der Waals surface area (Å²) in [4.78, 5) is 16.1. The van der Waals surface area contributed by atoms with Crippen LogP contribution in [0, 0.1) is 11.7 Å². The smallest absolute Gasteiger partial charge is 0.258 e. The molecule has 0 spiro atoms. The van der Waals surface area contributed by atoms with Crippen LogP contribution >= 0.6 is 0 Å². The van der Waals surface area contributed by atoms with Crippen LogP contribution in [0.5, 0.6) is 0 Å². The van der Waals surface area contributed by atoms with Crippen molar-refractivity contribution < 1.29 is 13.7 Å². The van der Waals surface area contributed by atoms with E-state index in [0.29, 0.717) is 24.4 Å². The van der Waals surface area contributed by atoms with Crippen LogP contribution in [0.1, 0.15) is 25.8 Å². The summed E-state index contributed by atoms with van der Waals surface area (Å²) in [5.74, 6) is 0.0209. The van der Waals surface area contributed by atoms with Gasteiger partial charge in [-0.15, -0.1) is 0 Å². The molecule has 1 aromatic heterocycles. The zero-order valence-electron chi connectivity index (χ0n) is 15.2. The number of anilines is 1. The topological polar surface area (TPSA) is 94.0 Å². The molecule has 3 aromatic rings. The van der Waals surface area contributed by atoms with E-state index in [0.717, 1.165) is 11.1 Å². The fourth-order valence-electron chi connectivity index (χ4n) is 2.57. The SMILES string of the molecule is CC(C)CC(=O)Nc1ccc(-c2nc(-c3ccc(CN)cc3)no2)cc1F. The molecule has 2 aromatic carbocycles. The molecule has 3 rings (SSSR count). The summed E-state index contributed by atoms with van der Waals surface area (Å²) in [6.45, 7) is 4.31. The van der Waals surface area contributed by atoms with Crippen molar-refractivity contribution in [2.75, 3.05) is 5.32 Å². The number of rotatable bonds is 6. The molecule has 0 aliphatic rings. The predicted octanol–water partition coefficient (Wildman–Crippen LogP) is 3.99. The Kier molecular flexibility index (Phi) is 5.61. The van der Waals surface area contributed by atoms with E-state index in [1.807, 2.05) is 38.1 Å². The Bertz CT molecular complexity index is 935. The van der Waals surface area contributed by atoms with Crippen molar-refractivity contribution in [1.29, 1.82) is 0 Å². The van der Waals surface area contributed by atoms with Gasteiger partial charge in [0.15, 0.2) is 0 Å². The van der Waals surface area contributed by atoms with Crippen molar-refractivity contribution in [3.05, 3.63) is 53.8 Å². The third-order valence-corrected chi connectivity index (χ3v) is 3.96. The monoisotopic (exact) mass is 368 g/mol. The van der Waals surface area contributed by atoms with Gasteiger partial charge in [0.05, 0.1) is 5.69 Å². The highest BCUT2D eigenvalue weighted by molar-refractivity contribution is 5.91. The molecule has 0 saturated heterocycles. The molecule has 27 heavy (non-hydrogen) atoms. The maximum atomic E-state index is 14.3. The maximum Gasteiger partial charge on any atom is 0.258 e. The maximum absolute atomic E-state index is 14.3. The van der Waals surface area contributed by atoms with Crippen molar-refractivity contribution in [1.82, 2.24) is 10.1 Å². The molecule has 0 bridgehead atoms. The normalized spacial score (nSPS) is 11.0. The Balaban J connectivity index is 1.78. The molecule has 0 aliphatic heterocycles. The Morgan fingerprint density at radius 1 is 1.19 bits per heavy atom. The molecule has 140 valence electrons. The Hall–Kier alpha value is -3.06. The quantitative estimate of drug-likeness (QED) is 0.686. The molecular weight excluding hydrogens is 347 g/mol. The molecule has 6 nitrogen and oxygen atoms in total. The lowest BCUT2D eigenvalue weighted by atomic mass is 10.1. The van der Waals surface area contributed by atoms with E-state index in [4.69, 9.17) is 10.3 Å². The lowest BCUT2D eigenvalue weighted by Gasteiger charge is -2.08. The van der Waals surface area contributed by atoms with Gasteiger partial charge in [-0.1, -0.05) is 43.3 Å². The minimum atomic E-state index is -0.559. The molecule has 0 saturated carbocycles. The summed E-state index contributed by atoms with van der Waals surface area (Å²) in [5.41, 5.74) is 7.93. The van der Waals surface area contributed by atoms with E-state index >= 15 is 0 Å². The van der Waals surface area contributed by atoms with Crippen molar-refractivity contribution in [3.63, 3.8) is 0 Å². The summed E-state index contributed by atoms with van der Waals surface area (Å²) >= 11 is 0. The number of nitrogens with zero attached hydrogens (tertiary/aromatic N) is 2. The highest BCUT2D eigenvalue weighted by Crippen LogP contribution is 2.26. The van der Waals surface area contributed by atoms with Gasteiger partial charge in [-0.25, -0.2) is 4.39 Å². The molecular formula is C20H21FN4O2. The van der Waals surface area contributed by atoms with Gasteiger partial charge in [0.25, 0.3) is 5.89 Å². The molecule has 0 aliphatic carbocycles. The number of aromatic nitrogens is 2. The third-order valence-electron chi connectivity index (χ3n) is 3.96. The lowest BCUT2D eigenvalue weighted by Crippen LogP contribution is -2.14. The second-order valence-corrected chi connectivity index (χ2v) is 6.66. The number of nitrogens with one attached hydrogen (secondary N) is 1. The van der Waals surface area contributed by atoms with Crippen molar-refractivity contribution in [2.45, 2.75) is 26.8 Å². The molecule has 0 atom stereocenters. The van der Waals surface area contributed by atoms with Gasteiger partial charge in [0.1, 0.15) is 5.82 Å². The zero-order valence-corrected chi connectivity index (χ0v) is 15.2. The average Bonchev–Trinajstić information content (AvgIpc) is 3.13. The Morgan fingerprint density at radius 3 is 2.52 bits per heavy atom. The van der Waals surface area contributed by atoms with Crippen molar-refractivity contribution >= 4 is 11.6 Å². The summed E-state index contributed by atoms with van der Waals surface area (Å²) in [6.07, 6.45) is 0.331. The first-order valence-electron chi connectivity index (χ1n) is 8.69. The number of hydrogen-bond acceptors (Lipinski definition) is 5. The van der Waals surface area contributed by atoms with Crippen molar-refractivity contribution in [2.24, 2.45) is 11.7 Å². The van der Waals surface area contributed by atoms with E-state index in [-0.39, 0.29) is 23.4 Å². The molecule has 7 heteroatoms. The number of benzene rings is 2. The summed E-state index contributed by atoms with van der Waals surface area (Å²) in [5, 5.41) is 6.51. The number of nitrogens with two attached hydrogens (primary N) is 1. The molecule has 0 unspecified atom stereocenters. The predicted molar refractivity (Wildman–Crippen MR) is 101 cm³/mol. The van der Waals surface area contributed by atoms with Gasteiger partial charge in [0, 0.05) is 24.1 Å². The highest BCUT2D eigenvalue weighted by Gasteiger charge is 2.14. The number of amides is 1. The first-order chi connectivity index (χ1) is 13.0. The van der Waals surface area contributed by atoms with Gasteiger partial charge in [-0.05, 0) is 29.7 Å². The average molecular weight is 368 g/mol. The van der Waals surface area contributed by atoms with Crippen LogP contribution in [-0.4, -0.2) is 16.0 Å². The Morgan fingerprint density at radius 2 is 1.89 bits per heavy atom. The van der Waals surface area contributed by atoms with Crippen LogP contribution in [0.3, 0.4) is 0 Å². The van der Waals surface area contributed by atoms with Gasteiger partial charge >= 0.3 is 0 Å². The van der Waals surface area contributed by atoms with E-state index in [1.54, 1.807) is 6.07 Å². The largest absolute Gasteiger partial charge is 0.334 e. The number of carbonyl (C=O) groups is 1. The zero-order chi connectivity index (χ0) is 19.4. The van der Waals surface area contributed by atoms with Crippen LogP contribution in [-0.2, 0) is 11.3 Å². The van der Waals surface area contributed by atoms with Gasteiger partial charge in [-0.3, -0.25) is 4.79 Å². The first-order valence-corrected chi connectivity index (χ1v) is 8.69. The second kappa shape index (κ2) is 8.09. The van der Waals surface area contributed by atoms with Crippen LogP contribution in [0.2, 0.25) is 0 Å². The van der Waals surface area contributed by atoms with Crippen LogP contribution in [0.4, 0.5) is 10.1 Å². The van der Waals surface area contributed by atoms with Crippen LogP contribution < -0.4 is 11.1 Å². The number of halogens is 1. The minimum Gasteiger partial charge on any atom is -0.334 e. The van der Waals surface area contributed by atoms with E-state index < -0.39 is 5.82 Å².